The Morgan fingerprint density at radius 2 is 1.52 bits per heavy atom. The lowest BCUT2D eigenvalue weighted by Crippen LogP contribution is -2.57. The molecule has 6 rings (SSSR count). The van der Waals surface area contributed by atoms with Crippen LogP contribution in [0.25, 0.3) is 21.6 Å². The number of hydrogen-bond donors (Lipinski definition) is 9. The first-order valence-electron chi connectivity index (χ1n) is 26.8. The minimum absolute atomic E-state index is 0.0301. The molecule has 26 heteroatoms. The molecule has 0 aliphatic carbocycles. The summed E-state index contributed by atoms with van der Waals surface area (Å²) in [6.45, 7) is 9.53. The molecule has 81 heavy (non-hydrogen) atoms. The number of carbonyl (C=O) groups excluding carboxylic acids is 5. The van der Waals surface area contributed by atoms with E-state index in [4.69, 9.17) is 26.0 Å². The summed E-state index contributed by atoms with van der Waals surface area (Å²) in [6, 6.07) is 11.1. The van der Waals surface area contributed by atoms with Gasteiger partial charge in [-0.25, -0.2) is 19.7 Å². The lowest BCUT2D eigenvalue weighted by Gasteiger charge is -2.35. The van der Waals surface area contributed by atoms with Gasteiger partial charge in [0, 0.05) is 63.1 Å². The maximum Gasteiger partial charge on any atom is 0.326 e. The fourth-order valence-corrected chi connectivity index (χ4v) is 9.72. The van der Waals surface area contributed by atoms with Gasteiger partial charge in [0.1, 0.15) is 18.1 Å². The standard InChI is InChI=1S/C55H73N13O12S/c1-33-46(81-32-61-33)35-11-9-34(10-12-35)28-60-51(75)41-27-39(69)31-68(41)52(76)47(55(2,3)4)64-43(71)20-24-80-26-25-79-23-19-42(70)58-21-7-5-6-8-22-67(30-37-29-59-49-45(62-37)48(56)65-54(57)66-49)38-15-13-36(14-16-38)50(74)63-40(53(77)78)17-18-44(72)73/h9-16,29,32,39-41,47,69H,5-8,17-28,30-31H2,1-4H3,(H,58,70)(H,60,75)(H,63,74)(H,64,71)(H,72,73)(H,77,78)(H4,56,57,59,65,66)/t39-,40?,41+,47?/m1/s1. The number of benzene rings is 2. The van der Waals surface area contributed by atoms with E-state index in [1.807, 2.05) is 56.9 Å². The van der Waals surface area contributed by atoms with E-state index in [1.165, 1.54) is 4.90 Å². The van der Waals surface area contributed by atoms with E-state index in [2.05, 4.69) is 46.2 Å². The smallest absolute Gasteiger partial charge is 0.326 e. The summed E-state index contributed by atoms with van der Waals surface area (Å²) < 4.78 is 11.2. The number of amides is 5. The normalized spacial score (nSPS) is 15.0. The SMILES string of the molecule is Cc1ncsc1-c1ccc(CNC(=O)[C@@H]2C[C@@H](O)CN2C(=O)C(NC(=O)CCOCCOCCC(=O)NCCCCCCN(Cc2cnc3nc(N)nc(N)c3n2)c2ccc(C(=O)NC(CCC(=O)O)C(=O)O)cc2)C(C)(C)C)cc1. The van der Waals surface area contributed by atoms with Crippen LogP contribution in [-0.4, -0.2) is 157 Å². The first kappa shape index (κ1) is 62.3. The third kappa shape index (κ3) is 19.1. The van der Waals surface area contributed by atoms with Crippen molar-refractivity contribution in [2.75, 3.05) is 62.4 Å². The topological polar surface area (TPSA) is 370 Å². The number of nitrogens with zero attached hydrogens (tertiary/aromatic N) is 7. The zero-order chi connectivity index (χ0) is 58.6. The van der Waals surface area contributed by atoms with Crippen LogP contribution >= 0.6 is 11.3 Å². The molecule has 2 aromatic carbocycles. The number of aliphatic hydroxyl groups excluding tert-OH is 1. The van der Waals surface area contributed by atoms with Crippen molar-refractivity contribution in [2.45, 2.75) is 123 Å². The zero-order valence-electron chi connectivity index (χ0n) is 46.0. The predicted molar refractivity (Wildman–Crippen MR) is 301 cm³/mol. The highest BCUT2D eigenvalue weighted by Gasteiger charge is 2.44. The number of aliphatic hydroxyl groups is 1. The highest BCUT2D eigenvalue weighted by atomic mass is 32.1. The van der Waals surface area contributed by atoms with Gasteiger partial charge in [0.05, 0.1) is 67.0 Å². The van der Waals surface area contributed by atoms with Gasteiger partial charge in [0.15, 0.2) is 17.0 Å². The molecule has 1 aliphatic heterocycles. The average Bonchev–Trinajstić information content (AvgIpc) is 4.08. The number of carboxylic acid groups (broad SMARTS) is 2. The van der Waals surface area contributed by atoms with Crippen molar-refractivity contribution < 1.29 is 58.4 Å². The third-order valence-corrected chi connectivity index (χ3v) is 14.3. The van der Waals surface area contributed by atoms with Gasteiger partial charge in [-0.2, -0.15) is 9.97 Å². The van der Waals surface area contributed by atoms with Gasteiger partial charge in [0.2, 0.25) is 29.6 Å². The molecule has 25 nitrogen and oxygen atoms in total. The van der Waals surface area contributed by atoms with E-state index in [1.54, 1.807) is 47.3 Å². The molecule has 11 N–H and O–H groups in total. The summed E-state index contributed by atoms with van der Waals surface area (Å²) in [5, 5.41) is 40.1. The third-order valence-electron chi connectivity index (χ3n) is 13.3. The summed E-state index contributed by atoms with van der Waals surface area (Å²) >= 11 is 1.56. The number of rotatable bonds is 31. The van der Waals surface area contributed by atoms with E-state index in [0.717, 1.165) is 53.1 Å². The average molecular weight is 1140 g/mol. The summed E-state index contributed by atoms with van der Waals surface area (Å²) in [7, 11) is 0. The number of anilines is 3. The minimum atomic E-state index is -1.37. The quantitative estimate of drug-likeness (QED) is 0.0287. The Labute approximate surface area is 473 Å². The number of fused-ring (bicyclic) bond motifs is 1. The second-order valence-electron chi connectivity index (χ2n) is 20.7. The molecule has 4 heterocycles. The first-order valence-corrected chi connectivity index (χ1v) is 27.7. The molecule has 4 atom stereocenters. The fourth-order valence-electron chi connectivity index (χ4n) is 8.91. The van der Waals surface area contributed by atoms with Crippen LogP contribution in [0.1, 0.15) is 106 Å². The summed E-state index contributed by atoms with van der Waals surface area (Å²) in [5.74, 6) is -4.56. The molecular formula is C55H73N13O12S. The Morgan fingerprint density at radius 3 is 2.17 bits per heavy atom. The van der Waals surface area contributed by atoms with Gasteiger partial charge >= 0.3 is 11.9 Å². The number of aryl methyl sites for hydroxylation is 1. The molecule has 1 aliphatic rings. The number of ether oxygens (including phenoxy) is 2. The second kappa shape index (κ2) is 30.0. The number of nitrogens with two attached hydrogens (primary N) is 2. The molecule has 5 aromatic rings. The Balaban J connectivity index is 0.857. The van der Waals surface area contributed by atoms with Crippen LogP contribution in [0.3, 0.4) is 0 Å². The lowest BCUT2D eigenvalue weighted by molar-refractivity contribution is -0.144. The number of likely N-dealkylation sites (tertiary alicyclic amines) is 1. The Hall–Kier alpha value is -7.94. The van der Waals surface area contributed by atoms with Gasteiger partial charge in [0.25, 0.3) is 5.91 Å². The molecule has 436 valence electrons. The molecule has 0 bridgehead atoms. The van der Waals surface area contributed by atoms with Gasteiger partial charge in [-0.15, -0.1) is 11.3 Å². The van der Waals surface area contributed by atoms with Crippen LogP contribution < -0.4 is 37.6 Å². The Morgan fingerprint density at radius 1 is 0.827 bits per heavy atom. The monoisotopic (exact) mass is 1140 g/mol. The maximum atomic E-state index is 14.0. The Bertz CT molecular complexity index is 2960. The zero-order valence-corrected chi connectivity index (χ0v) is 46.8. The molecule has 5 amide bonds. The van der Waals surface area contributed by atoms with Crippen molar-refractivity contribution in [3.8, 4) is 10.4 Å². The number of aliphatic carboxylic acids is 2. The number of aromatic nitrogens is 5. The molecular weight excluding hydrogens is 1070 g/mol. The predicted octanol–water partition coefficient (Wildman–Crippen LogP) is 3.37. The van der Waals surface area contributed by atoms with E-state index >= 15 is 0 Å². The van der Waals surface area contributed by atoms with Crippen LogP contribution in [0, 0.1) is 12.3 Å². The van der Waals surface area contributed by atoms with Gasteiger partial charge in [-0.1, -0.05) is 57.9 Å². The van der Waals surface area contributed by atoms with E-state index < -0.39 is 71.6 Å². The molecule has 1 fully saturated rings. The first-order chi connectivity index (χ1) is 38.7. The highest BCUT2D eigenvalue weighted by molar-refractivity contribution is 7.13. The van der Waals surface area contributed by atoms with Crippen LogP contribution in [0.5, 0.6) is 0 Å². The lowest BCUT2D eigenvalue weighted by atomic mass is 9.85. The number of nitrogens with one attached hydrogen (secondary N) is 4. The molecule has 3 aromatic heterocycles. The van der Waals surface area contributed by atoms with Gasteiger partial charge in [-0.05, 0) is 67.0 Å². The number of carbonyl (C=O) groups is 7. The van der Waals surface area contributed by atoms with Gasteiger partial charge in [-0.3, -0.25) is 28.8 Å². The second-order valence-corrected chi connectivity index (χ2v) is 21.6. The van der Waals surface area contributed by atoms with Crippen molar-refractivity contribution >= 4 is 81.4 Å². The molecule has 0 spiro atoms. The van der Waals surface area contributed by atoms with Crippen molar-refractivity contribution in [1.82, 2.24) is 51.1 Å². The fraction of sp³-hybridized carbons (Fsp3) is 0.491. The van der Waals surface area contributed by atoms with Crippen molar-refractivity contribution in [3.05, 3.63) is 82.8 Å². The number of nitrogen functional groups attached to an aromatic ring is 2. The molecule has 2 unspecified atom stereocenters. The highest BCUT2D eigenvalue weighted by Crippen LogP contribution is 2.29. The minimum Gasteiger partial charge on any atom is -0.481 e. The molecule has 0 radical (unpaired) electrons. The van der Waals surface area contributed by atoms with Crippen molar-refractivity contribution in [3.63, 3.8) is 0 Å². The van der Waals surface area contributed by atoms with E-state index in [0.29, 0.717) is 30.8 Å². The van der Waals surface area contributed by atoms with Gasteiger partial charge < -0.3 is 67.3 Å². The van der Waals surface area contributed by atoms with E-state index in [-0.39, 0.29) is 94.1 Å². The largest absolute Gasteiger partial charge is 0.481 e. The number of carboxylic acids is 2. The summed E-state index contributed by atoms with van der Waals surface area (Å²) in [5.41, 5.74) is 17.7. The van der Waals surface area contributed by atoms with Crippen LogP contribution in [-0.2, 0) is 51.3 Å². The van der Waals surface area contributed by atoms with Crippen LogP contribution in [0.2, 0.25) is 0 Å². The Kier molecular flexibility index (Phi) is 23.1. The summed E-state index contributed by atoms with van der Waals surface area (Å²) in [6.07, 6.45) is 3.27. The van der Waals surface area contributed by atoms with Crippen LogP contribution in [0.15, 0.2) is 60.2 Å². The number of thiazole rings is 1. The molecule has 1 saturated heterocycles. The van der Waals surface area contributed by atoms with E-state index in [9.17, 15) is 43.8 Å². The number of unbranched alkanes of at least 4 members (excludes halogenated alkanes) is 3. The number of hydrogen-bond acceptors (Lipinski definition) is 19. The number of β-amino-alcohol motifs (C(OH)–C–C–N with tert-alkyl or cyclic N) is 1. The molecule has 0 saturated carbocycles. The van der Waals surface area contributed by atoms with Crippen molar-refractivity contribution in [1.29, 1.82) is 0 Å². The van der Waals surface area contributed by atoms with Crippen LogP contribution in [0.4, 0.5) is 17.5 Å². The van der Waals surface area contributed by atoms with Crippen molar-refractivity contribution in [2.24, 2.45) is 5.41 Å². The summed E-state index contributed by atoms with van der Waals surface area (Å²) in [4.78, 5) is 115. The maximum absolute atomic E-state index is 14.0.